The number of hydrogen-bond acceptors (Lipinski definition) is 2. The Morgan fingerprint density at radius 1 is 1.22 bits per heavy atom. The molecule has 0 bridgehead atoms. The van der Waals surface area contributed by atoms with E-state index in [0.717, 1.165) is 29.6 Å². The molecule has 0 saturated heterocycles. The molecular formula is C15H25ClN2. The lowest BCUT2D eigenvalue weighted by molar-refractivity contribution is 0.485. The molecule has 0 aliphatic rings. The van der Waals surface area contributed by atoms with E-state index >= 15 is 0 Å². The van der Waals surface area contributed by atoms with Crippen molar-refractivity contribution in [2.45, 2.75) is 40.2 Å². The average molecular weight is 269 g/mol. The Morgan fingerprint density at radius 3 is 2.39 bits per heavy atom. The molecule has 0 saturated carbocycles. The quantitative estimate of drug-likeness (QED) is 0.808. The van der Waals surface area contributed by atoms with Crippen LogP contribution in [0.1, 0.15) is 39.2 Å². The van der Waals surface area contributed by atoms with Crippen molar-refractivity contribution in [2.75, 3.05) is 18.0 Å². The topological polar surface area (TPSA) is 29.3 Å². The smallest absolute Gasteiger partial charge is 0.0471 e. The summed E-state index contributed by atoms with van der Waals surface area (Å²) in [4.78, 5) is 2.39. The van der Waals surface area contributed by atoms with Gasteiger partial charge in [-0.15, -0.1) is 0 Å². The fourth-order valence-corrected chi connectivity index (χ4v) is 2.55. The minimum absolute atomic E-state index is 0.494. The number of nitrogens with two attached hydrogens (primary N) is 1. The summed E-state index contributed by atoms with van der Waals surface area (Å²) >= 11 is 6.23. The number of benzene rings is 1. The van der Waals surface area contributed by atoms with Gasteiger partial charge in [0.15, 0.2) is 0 Å². The Balaban J connectivity index is 2.97. The molecule has 3 heteroatoms. The van der Waals surface area contributed by atoms with Crippen LogP contribution in [0.3, 0.4) is 0 Å². The number of rotatable bonds is 7. The standard InChI is InChI=1S/C15H25ClN2/c1-4-12(5-2)11-18(6-3)15-9-7-8-14(16)13(15)10-17/h7-9,12H,4-6,10-11,17H2,1-3H3. The average Bonchev–Trinajstić information content (AvgIpc) is 2.40. The van der Waals surface area contributed by atoms with E-state index in [4.69, 9.17) is 17.3 Å². The first kappa shape index (κ1) is 15.3. The molecule has 0 fully saturated rings. The summed E-state index contributed by atoms with van der Waals surface area (Å²) in [5, 5.41) is 0.776. The van der Waals surface area contributed by atoms with Crippen LogP contribution < -0.4 is 10.6 Å². The van der Waals surface area contributed by atoms with Gasteiger partial charge in [0.25, 0.3) is 0 Å². The zero-order valence-electron chi connectivity index (χ0n) is 11.7. The van der Waals surface area contributed by atoms with Gasteiger partial charge in [0, 0.05) is 35.9 Å². The van der Waals surface area contributed by atoms with Gasteiger partial charge in [-0.3, -0.25) is 0 Å². The highest BCUT2D eigenvalue weighted by molar-refractivity contribution is 6.31. The molecule has 0 radical (unpaired) electrons. The van der Waals surface area contributed by atoms with E-state index in [2.05, 4.69) is 31.7 Å². The maximum atomic E-state index is 6.23. The first-order chi connectivity index (χ1) is 8.67. The van der Waals surface area contributed by atoms with Crippen LogP contribution in [-0.4, -0.2) is 13.1 Å². The number of halogens is 1. The second kappa shape index (κ2) is 7.65. The van der Waals surface area contributed by atoms with Crippen LogP contribution in [0.25, 0.3) is 0 Å². The van der Waals surface area contributed by atoms with Crippen molar-refractivity contribution < 1.29 is 0 Å². The van der Waals surface area contributed by atoms with Gasteiger partial charge in [-0.2, -0.15) is 0 Å². The minimum atomic E-state index is 0.494. The van der Waals surface area contributed by atoms with Gasteiger partial charge >= 0.3 is 0 Å². The fourth-order valence-electron chi connectivity index (χ4n) is 2.30. The van der Waals surface area contributed by atoms with Crippen molar-refractivity contribution in [2.24, 2.45) is 11.7 Å². The third-order valence-corrected chi connectivity index (χ3v) is 4.01. The van der Waals surface area contributed by atoms with Gasteiger partial charge in [-0.1, -0.05) is 44.4 Å². The van der Waals surface area contributed by atoms with Crippen LogP contribution >= 0.6 is 11.6 Å². The lowest BCUT2D eigenvalue weighted by Gasteiger charge is -2.29. The molecule has 0 aliphatic heterocycles. The zero-order chi connectivity index (χ0) is 13.5. The predicted molar refractivity (Wildman–Crippen MR) is 81.3 cm³/mol. The summed E-state index contributed by atoms with van der Waals surface area (Å²) < 4.78 is 0. The number of nitrogens with zero attached hydrogens (tertiary/aromatic N) is 1. The molecule has 1 aromatic rings. The molecule has 18 heavy (non-hydrogen) atoms. The summed E-state index contributed by atoms with van der Waals surface area (Å²) in [7, 11) is 0. The Hall–Kier alpha value is -0.730. The Bertz CT molecular complexity index is 362. The van der Waals surface area contributed by atoms with Crippen molar-refractivity contribution >= 4 is 17.3 Å². The highest BCUT2D eigenvalue weighted by Crippen LogP contribution is 2.28. The molecule has 0 heterocycles. The van der Waals surface area contributed by atoms with Crippen LogP contribution in [0.5, 0.6) is 0 Å². The first-order valence-corrected chi connectivity index (χ1v) is 7.27. The number of hydrogen-bond donors (Lipinski definition) is 1. The first-order valence-electron chi connectivity index (χ1n) is 6.90. The van der Waals surface area contributed by atoms with Gasteiger partial charge in [0.2, 0.25) is 0 Å². The van der Waals surface area contributed by atoms with E-state index in [1.165, 1.54) is 18.5 Å². The molecule has 0 unspecified atom stereocenters. The summed E-state index contributed by atoms with van der Waals surface area (Å²) in [6.07, 6.45) is 2.43. The van der Waals surface area contributed by atoms with E-state index in [1.807, 2.05) is 12.1 Å². The van der Waals surface area contributed by atoms with E-state index in [0.29, 0.717) is 6.54 Å². The van der Waals surface area contributed by atoms with Crippen molar-refractivity contribution in [3.05, 3.63) is 28.8 Å². The third-order valence-electron chi connectivity index (χ3n) is 3.65. The second-order valence-corrected chi connectivity index (χ2v) is 5.07. The van der Waals surface area contributed by atoms with Gasteiger partial charge in [0.05, 0.1) is 0 Å². The molecule has 102 valence electrons. The van der Waals surface area contributed by atoms with Crippen LogP contribution in [-0.2, 0) is 6.54 Å². The second-order valence-electron chi connectivity index (χ2n) is 4.66. The van der Waals surface area contributed by atoms with E-state index in [-0.39, 0.29) is 0 Å². The molecule has 0 aliphatic carbocycles. The molecule has 0 amide bonds. The molecule has 0 atom stereocenters. The highest BCUT2D eigenvalue weighted by Gasteiger charge is 2.14. The Morgan fingerprint density at radius 2 is 1.89 bits per heavy atom. The minimum Gasteiger partial charge on any atom is -0.371 e. The molecule has 0 aromatic heterocycles. The summed E-state index contributed by atoms with van der Waals surface area (Å²) in [6.45, 7) is 9.26. The lowest BCUT2D eigenvalue weighted by Crippen LogP contribution is -2.30. The maximum Gasteiger partial charge on any atom is 0.0471 e. The van der Waals surface area contributed by atoms with Crippen molar-refractivity contribution in [1.29, 1.82) is 0 Å². The lowest BCUT2D eigenvalue weighted by atomic mass is 10.0. The SMILES string of the molecule is CCC(CC)CN(CC)c1cccc(Cl)c1CN. The summed E-state index contributed by atoms with van der Waals surface area (Å²) in [5.74, 6) is 0.731. The molecule has 0 spiro atoms. The van der Waals surface area contributed by atoms with Gasteiger partial charge in [-0.05, 0) is 25.0 Å². The van der Waals surface area contributed by atoms with Crippen molar-refractivity contribution in [3.63, 3.8) is 0 Å². The van der Waals surface area contributed by atoms with Gasteiger partial charge < -0.3 is 10.6 Å². The predicted octanol–water partition coefficient (Wildman–Crippen LogP) is 4.06. The van der Waals surface area contributed by atoms with Crippen LogP contribution in [0.15, 0.2) is 18.2 Å². The summed E-state index contributed by atoms with van der Waals surface area (Å²) in [6, 6.07) is 6.05. The van der Waals surface area contributed by atoms with Crippen LogP contribution in [0, 0.1) is 5.92 Å². The third kappa shape index (κ3) is 3.63. The Kier molecular flexibility index (Phi) is 6.51. The normalized spacial score (nSPS) is 11.0. The maximum absolute atomic E-state index is 6.23. The molecule has 1 rings (SSSR count). The van der Waals surface area contributed by atoms with Crippen LogP contribution in [0.4, 0.5) is 5.69 Å². The summed E-state index contributed by atoms with van der Waals surface area (Å²) in [5.41, 5.74) is 8.08. The van der Waals surface area contributed by atoms with Gasteiger partial charge in [-0.25, -0.2) is 0 Å². The Labute approximate surface area is 116 Å². The van der Waals surface area contributed by atoms with Crippen molar-refractivity contribution in [3.8, 4) is 0 Å². The largest absolute Gasteiger partial charge is 0.371 e. The molecular weight excluding hydrogens is 244 g/mol. The van der Waals surface area contributed by atoms with E-state index < -0.39 is 0 Å². The zero-order valence-corrected chi connectivity index (χ0v) is 12.5. The number of anilines is 1. The fraction of sp³-hybridized carbons (Fsp3) is 0.600. The van der Waals surface area contributed by atoms with Gasteiger partial charge in [0.1, 0.15) is 0 Å². The molecule has 2 nitrogen and oxygen atoms in total. The van der Waals surface area contributed by atoms with Crippen molar-refractivity contribution in [1.82, 2.24) is 0 Å². The van der Waals surface area contributed by atoms with Crippen LogP contribution in [0.2, 0.25) is 5.02 Å². The molecule has 2 N–H and O–H groups in total. The van der Waals surface area contributed by atoms with E-state index in [9.17, 15) is 0 Å². The highest BCUT2D eigenvalue weighted by atomic mass is 35.5. The molecule has 1 aromatic carbocycles. The monoisotopic (exact) mass is 268 g/mol. The van der Waals surface area contributed by atoms with E-state index in [1.54, 1.807) is 0 Å².